The first-order valence-corrected chi connectivity index (χ1v) is 11.9. The summed E-state index contributed by atoms with van der Waals surface area (Å²) < 4.78 is 6.61. The Balaban J connectivity index is 1.38. The van der Waals surface area contributed by atoms with Crippen LogP contribution in [0.25, 0.3) is 10.1 Å². The van der Waals surface area contributed by atoms with Gasteiger partial charge in [-0.15, -0.1) is 11.3 Å². The molecule has 0 unspecified atom stereocenters. The Morgan fingerprint density at radius 3 is 2.57 bits per heavy atom. The first-order valence-electron chi connectivity index (χ1n) is 11.1. The molecule has 0 saturated carbocycles. The lowest BCUT2D eigenvalue weighted by atomic mass is 9.94. The highest BCUT2D eigenvalue weighted by Gasteiger charge is 2.33. The summed E-state index contributed by atoms with van der Waals surface area (Å²) in [6.07, 6.45) is 3.25. The first-order chi connectivity index (χ1) is 14.7. The lowest BCUT2D eigenvalue weighted by Gasteiger charge is -2.27. The molecule has 3 aliphatic heterocycles. The molecule has 0 radical (unpaired) electrons. The maximum atomic E-state index is 13.4. The molecule has 3 aliphatic rings. The molecule has 160 valence electrons. The van der Waals surface area contributed by atoms with E-state index in [0.29, 0.717) is 38.8 Å². The zero-order valence-electron chi connectivity index (χ0n) is 17.3. The predicted molar refractivity (Wildman–Crippen MR) is 118 cm³/mol. The average molecular weight is 428 g/mol. The van der Waals surface area contributed by atoms with Gasteiger partial charge >= 0.3 is 0 Å². The van der Waals surface area contributed by atoms with Crippen LogP contribution in [-0.2, 0) is 9.53 Å². The van der Waals surface area contributed by atoms with E-state index in [9.17, 15) is 9.59 Å². The fourth-order valence-electron chi connectivity index (χ4n) is 5.01. The molecule has 3 fully saturated rings. The summed E-state index contributed by atoms with van der Waals surface area (Å²) in [6.45, 7) is 6.63. The van der Waals surface area contributed by atoms with Gasteiger partial charge in [-0.1, -0.05) is 18.2 Å². The normalized spacial score (nSPS) is 22.9. The third-order valence-electron chi connectivity index (χ3n) is 6.62. The quantitative estimate of drug-likeness (QED) is 0.753. The fraction of sp³-hybridized carbons (Fsp3) is 0.565. The Morgan fingerprint density at radius 2 is 1.77 bits per heavy atom. The van der Waals surface area contributed by atoms with Gasteiger partial charge < -0.3 is 14.5 Å². The SMILES string of the molecule is O=C(CN1CC[C@H](c2c(C(=O)N3CCOCC3)sc3ccccc23)C1)N1CCCC1. The number of carbonyl (C=O) groups is 2. The van der Waals surface area contributed by atoms with Crippen molar-refractivity contribution in [3.05, 3.63) is 34.7 Å². The minimum absolute atomic E-state index is 0.140. The molecule has 0 bridgehead atoms. The number of rotatable bonds is 4. The summed E-state index contributed by atoms with van der Waals surface area (Å²) in [6, 6.07) is 8.37. The monoisotopic (exact) mass is 427 g/mol. The van der Waals surface area contributed by atoms with Gasteiger partial charge in [0.25, 0.3) is 5.91 Å². The molecule has 0 N–H and O–H groups in total. The number of benzene rings is 1. The van der Waals surface area contributed by atoms with E-state index in [4.69, 9.17) is 4.74 Å². The second kappa shape index (κ2) is 8.65. The zero-order valence-corrected chi connectivity index (χ0v) is 18.2. The van der Waals surface area contributed by atoms with Crippen LogP contribution in [0.1, 0.15) is 40.4 Å². The minimum Gasteiger partial charge on any atom is -0.378 e. The van der Waals surface area contributed by atoms with Crippen LogP contribution in [0.3, 0.4) is 0 Å². The van der Waals surface area contributed by atoms with Gasteiger partial charge in [-0.05, 0) is 42.8 Å². The molecule has 5 rings (SSSR count). The third kappa shape index (κ3) is 3.86. The van der Waals surface area contributed by atoms with Crippen LogP contribution in [0.15, 0.2) is 24.3 Å². The predicted octanol–water partition coefficient (Wildman–Crippen LogP) is 2.79. The number of likely N-dealkylation sites (tertiary alicyclic amines) is 2. The van der Waals surface area contributed by atoms with Gasteiger partial charge in [0.1, 0.15) is 0 Å². The Morgan fingerprint density at radius 1 is 1.00 bits per heavy atom. The molecular weight excluding hydrogens is 398 g/mol. The van der Waals surface area contributed by atoms with E-state index >= 15 is 0 Å². The lowest BCUT2D eigenvalue weighted by molar-refractivity contribution is -0.131. The van der Waals surface area contributed by atoms with Crippen LogP contribution < -0.4 is 0 Å². The van der Waals surface area contributed by atoms with E-state index in [1.54, 1.807) is 11.3 Å². The van der Waals surface area contributed by atoms with E-state index < -0.39 is 0 Å². The Labute approximate surface area is 181 Å². The third-order valence-corrected chi connectivity index (χ3v) is 7.80. The van der Waals surface area contributed by atoms with Crippen molar-refractivity contribution in [3.8, 4) is 0 Å². The average Bonchev–Trinajstić information content (AvgIpc) is 3.53. The van der Waals surface area contributed by atoms with Gasteiger partial charge in [0.05, 0.1) is 24.6 Å². The topological polar surface area (TPSA) is 53.1 Å². The number of amides is 2. The maximum Gasteiger partial charge on any atom is 0.264 e. The number of morpholine rings is 1. The number of nitrogens with zero attached hydrogens (tertiary/aromatic N) is 3. The van der Waals surface area contributed by atoms with Crippen molar-refractivity contribution in [2.45, 2.75) is 25.2 Å². The van der Waals surface area contributed by atoms with E-state index in [1.165, 1.54) is 15.6 Å². The molecule has 6 nitrogen and oxygen atoms in total. The molecule has 0 aliphatic carbocycles. The Kier molecular flexibility index (Phi) is 5.76. The van der Waals surface area contributed by atoms with Crippen molar-refractivity contribution in [1.82, 2.24) is 14.7 Å². The second-order valence-electron chi connectivity index (χ2n) is 8.55. The smallest absolute Gasteiger partial charge is 0.264 e. The number of carbonyl (C=O) groups excluding carboxylic acids is 2. The highest BCUT2D eigenvalue weighted by atomic mass is 32.1. The van der Waals surface area contributed by atoms with Crippen molar-refractivity contribution in [1.29, 1.82) is 0 Å². The molecule has 4 heterocycles. The van der Waals surface area contributed by atoms with Crippen LogP contribution in [0.4, 0.5) is 0 Å². The van der Waals surface area contributed by atoms with Gasteiger partial charge in [-0.3, -0.25) is 14.5 Å². The van der Waals surface area contributed by atoms with E-state index in [-0.39, 0.29) is 11.8 Å². The molecule has 1 atom stereocenters. The van der Waals surface area contributed by atoms with E-state index in [1.807, 2.05) is 15.9 Å². The molecule has 2 amide bonds. The Bertz CT molecular complexity index is 931. The summed E-state index contributed by atoms with van der Waals surface area (Å²) >= 11 is 1.62. The van der Waals surface area contributed by atoms with Crippen LogP contribution >= 0.6 is 11.3 Å². The largest absolute Gasteiger partial charge is 0.378 e. The number of thiophene rings is 1. The summed E-state index contributed by atoms with van der Waals surface area (Å²) in [7, 11) is 0. The standard InChI is InChI=1S/C23H29N3O3S/c27-20(25-8-3-4-9-25)16-24-10-7-17(15-24)21-18-5-1-2-6-19(18)30-22(21)23(28)26-11-13-29-14-12-26/h1-2,5-6,17H,3-4,7-16H2/t17-/m0/s1. The van der Waals surface area contributed by atoms with E-state index in [2.05, 4.69) is 23.1 Å². The zero-order chi connectivity index (χ0) is 20.5. The Hall–Kier alpha value is -1.96. The van der Waals surface area contributed by atoms with E-state index in [0.717, 1.165) is 50.3 Å². The van der Waals surface area contributed by atoms with Crippen molar-refractivity contribution >= 4 is 33.2 Å². The van der Waals surface area contributed by atoms with Gasteiger partial charge in [0.2, 0.25) is 5.91 Å². The minimum atomic E-state index is 0.140. The van der Waals surface area contributed by atoms with Crippen molar-refractivity contribution in [2.24, 2.45) is 0 Å². The summed E-state index contributed by atoms with van der Waals surface area (Å²) in [5, 5.41) is 1.21. The summed E-state index contributed by atoms with van der Waals surface area (Å²) in [4.78, 5) is 33.1. The highest BCUT2D eigenvalue weighted by molar-refractivity contribution is 7.21. The second-order valence-corrected chi connectivity index (χ2v) is 9.61. The number of ether oxygens (including phenoxy) is 1. The van der Waals surface area contributed by atoms with Gasteiger partial charge in [-0.2, -0.15) is 0 Å². The number of hydrogen-bond donors (Lipinski definition) is 0. The molecule has 0 spiro atoms. The molecule has 7 heteroatoms. The molecule has 30 heavy (non-hydrogen) atoms. The number of fused-ring (bicyclic) bond motifs is 1. The van der Waals surface area contributed by atoms with Crippen molar-refractivity contribution in [2.75, 3.05) is 59.0 Å². The highest BCUT2D eigenvalue weighted by Crippen LogP contribution is 2.40. The van der Waals surface area contributed by atoms with Crippen LogP contribution in [0, 0.1) is 0 Å². The van der Waals surface area contributed by atoms with Crippen molar-refractivity contribution in [3.63, 3.8) is 0 Å². The number of hydrogen-bond acceptors (Lipinski definition) is 5. The summed E-state index contributed by atoms with van der Waals surface area (Å²) in [5.41, 5.74) is 1.20. The van der Waals surface area contributed by atoms with Gasteiger partial charge in [-0.25, -0.2) is 0 Å². The van der Waals surface area contributed by atoms with Gasteiger partial charge in [0.15, 0.2) is 0 Å². The first kappa shape index (κ1) is 20.0. The molecule has 1 aromatic carbocycles. The lowest BCUT2D eigenvalue weighted by Crippen LogP contribution is -2.40. The van der Waals surface area contributed by atoms with Crippen LogP contribution in [0.2, 0.25) is 0 Å². The van der Waals surface area contributed by atoms with Crippen LogP contribution in [0.5, 0.6) is 0 Å². The molecule has 3 saturated heterocycles. The van der Waals surface area contributed by atoms with Crippen molar-refractivity contribution < 1.29 is 14.3 Å². The fourth-order valence-corrected chi connectivity index (χ4v) is 6.27. The molecular formula is C23H29N3O3S. The summed E-state index contributed by atoms with van der Waals surface area (Å²) in [5.74, 6) is 0.696. The molecule has 2 aromatic rings. The molecule has 1 aromatic heterocycles. The maximum absolute atomic E-state index is 13.4. The van der Waals surface area contributed by atoms with Gasteiger partial charge in [0, 0.05) is 43.3 Å². The van der Waals surface area contributed by atoms with Crippen LogP contribution in [-0.4, -0.2) is 85.5 Å².